The second kappa shape index (κ2) is 8.90. The van der Waals surface area contributed by atoms with E-state index in [1.807, 2.05) is 6.92 Å². The summed E-state index contributed by atoms with van der Waals surface area (Å²) < 4.78 is 11.4. The van der Waals surface area contributed by atoms with Gasteiger partial charge in [-0.15, -0.1) is 0 Å². The zero-order valence-electron chi connectivity index (χ0n) is 12.5. The zero-order valence-corrected chi connectivity index (χ0v) is 12.5. The van der Waals surface area contributed by atoms with Gasteiger partial charge in [0, 0.05) is 18.7 Å². The molecule has 0 saturated heterocycles. The molecule has 2 unspecified atom stereocenters. The van der Waals surface area contributed by atoms with Gasteiger partial charge in [-0.2, -0.15) is 0 Å². The minimum atomic E-state index is 0.151. The molecule has 1 N–H and O–H groups in total. The Labute approximate surface area is 107 Å². The standard InChI is InChI=1S/C14H31NO2/c1-7-9-13(10-15-14(4,5)6)17-12(3)11-16-8-2/h12-13,15H,7-11H2,1-6H3. The maximum Gasteiger partial charge on any atom is 0.0784 e. The number of ether oxygens (including phenoxy) is 2. The fourth-order valence-electron chi connectivity index (χ4n) is 1.61. The van der Waals surface area contributed by atoms with Crippen molar-refractivity contribution >= 4 is 0 Å². The summed E-state index contributed by atoms with van der Waals surface area (Å²) in [6.07, 6.45) is 2.71. The van der Waals surface area contributed by atoms with E-state index < -0.39 is 0 Å². The number of hydrogen-bond donors (Lipinski definition) is 1. The molecule has 0 bridgehead atoms. The van der Waals surface area contributed by atoms with Gasteiger partial charge in [0.25, 0.3) is 0 Å². The minimum Gasteiger partial charge on any atom is -0.379 e. The molecule has 0 heterocycles. The van der Waals surface area contributed by atoms with Gasteiger partial charge in [0.15, 0.2) is 0 Å². The third-order valence-corrected chi connectivity index (χ3v) is 2.45. The molecule has 0 aliphatic rings. The first-order chi connectivity index (χ1) is 7.89. The van der Waals surface area contributed by atoms with Gasteiger partial charge >= 0.3 is 0 Å². The van der Waals surface area contributed by atoms with E-state index in [0.29, 0.717) is 6.61 Å². The van der Waals surface area contributed by atoms with E-state index in [-0.39, 0.29) is 17.7 Å². The Bertz CT molecular complexity index is 178. The van der Waals surface area contributed by atoms with Crippen LogP contribution in [-0.2, 0) is 9.47 Å². The molecule has 0 spiro atoms. The van der Waals surface area contributed by atoms with Crippen LogP contribution in [0.2, 0.25) is 0 Å². The molecule has 17 heavy (non-hydrogen) atoms. The molecule has 0 saturated carbocycles. The van der Waals surface area contributed by atoms with Crippen molar-refractivity contribution in [1.29, 1.82) is 0 Å². The van der Waals surface area contributed by atoms with Crippen molar-refractivity contribution in [3.63, 3.8) is 0 Å². The molecule has 0 fully saturated rings. The van der Waals surface area contributed by atoms with Crippen LogP contribution in [-0.4, -0.2) is 37.5 Å². The van der Waals surface area contributed by atoms with Crippen molar-refractivity contribution in [3.05, 3.63) is 0 Å². The first-order valence-corrected chi connectivity index (χ1v) is 6.87. The van der Waals surface area contributed by atoms with Crippen LogP contribution in [0, 0.1) is 0 Å². The third-order valence-electron chi connectivity index (χ3n) is 2.45. The predicted octanol–water partition coefficient (Wildman–Crippen LogP) is 2.98. The Morgan fingerprint density at radius 1 is 1.18 bits per heavy atom. The summed E-state index contributed by atoms with van der Waals surface area (Å²) in [6, 6.07) is 0. The number of hydrogen-bond acceptors (Lipinski definition) is 3. The Hall–Kier alpha value is -0.120. The molecular formula is C14H31NO2. The van der Waals surface area contributed by atoms with Crippen molar-refractivity contribution in [2.75, 3.05) is 19.8 Å². The third kappa shape index (κ3) is 10.7. The van der Waals surface area contributed by atoms with Gasteiger partial charge in [0.2, 0.25) is 0 Å². The van der Waals surface area contributed by atoms with Crippen LogP contribution in [0.3, 0.4) is 0 Å². The quantitative estimate of drug-likeness (QED) is 0.677. The molecule has 0 aromatic rings. The van der Waals surface area contributed by atoms with E-state index in [0.717, 1.165) is 26.0 Å². The summed E-state index contributed by atoms with van der Waals surface area (Å²) >= 11 is 0. The molecule has 104 valence electrons. The van der Waals surface area contributed by atoms with E-state index in [4.69, 9.17) is 9.47 Å². The second-order valence-electron chi connectivity index (χ2n) is 5.65. The van der Waals surface area contributed by atoms with Gasteiger partial charge in [0.1, 0.15) is 0 Å². The van der Waals surface area contributed by atoms with Gasteiger partial charge in [-0.3, -0.25) is 0 Å². The van der Waals surface area contributed by atoms with Gasteiger partial charge in [-0.05, 0) is 41.0 Å². The van der Waals surface area contributed by atoms with Crippen LogP contribution >= 0.6 is 0 Å². The predicted molar refractivity (Wildman–Crippen MR) is 73.5 cm³/mol. The molecule has 0 aliphatic carbocycles. The van der Waals surface area contributed by atoms with Crippen LogP contribution in [0.1, 0.15) is 54.4 Å². The summed E-state index contributed by atoms with van der Waals surface area (Å²) in [4.78, 5) is 0. The molecule has 0 radical (unpaired) electrons. The number of nitrogens with one attached hydrogen (secondary N) is 1. The summed E-state index contributed by atoms with van der Waals surface area (Å²) in [5.74, 6) is 0. The van der Waals surface area contributed by atoms with Crippen LogP contribution in [0.25, 0.3) is 0 Å². The molecule has 2 atom stereocenters. The first kappa shape index (κ1) is 16.9. The fourth-order valence-corrected chi connectivity index (χ4v) is 1.61. The molecule has 0 amide bonds. The SMILES string of the molecule is CCCC(CNC(C)(C)C)OC(C)COCC. The maximum absolute atomic E-state index is 6.00. The summed E-state index contributed by atoms with van der Waals surface area (Å²) in [5, 5.41) is 3.50. The molecule has 3 nitrogen and oxygen atoms in total. The lowest BCUT2D eigenvalue weighted by atomic mass is 10.1. The topological polar surface area (TPSA) is 30.5 Å². The van der Waals surface area contributed by atoms with E-state index in [9.17, 15) is 0 Å². The second-order valence-corrected chi connectivity index (χ2v) is 5.65. The fraction of sp³-hybridized carbons (Fsp3) is 1.00. The maximum atomic E-state index is 6.00. The van der Waals surface area contributed by atoms with E-state index in [1.54, 1.807) is 0 Å². The van der Waals surface area contributed by atoms with Crippen LogP contribution in [0.5, 0.6) is 0 Å². The Morgan fingerprint density at radius 2 is 1.82 bits per heavy atom. The van der Waals surface area contributed by atoms with E-state index in [2.05, 4.69) is 39.9 Å². The summed E-state index contributed by atoms with van der Waals surface area (Å²) in [7, 11) is 0. The lowest BCUT2D eigenvalue weighted by Gasteiger charge is -2.27. The Balaban J connectivity index is 3.96. The summed E-state index contributed by atoms with van der Waals surface area (Å²) in [5.41, 5.74) is 0.151. The van der Waals surface area contributed by atoms with Gasteiger partial charge in [-0.25, -0.2) is 0 Å². The average Bonchev–Trinajstić information content (AvgIpc) is 2.22. The number of rotatable bonds is 9. The van der Waals surface area contributed by atoms with Crippen molar-refractivity contribution in [2.45, 2.75) is 72.1 Å². The normalized spacial score (nSPS) is 15.9. The summed E-state index contributed by atoms with van der Waals surface area (Å²) in [6.45, 7) is 15.2. The van der Waals surface area contributed by atoms with Gasteiger partial charge in [0.05, 0.1) is 18.8 Å². The molecule has 0 aliphatic heterocycles. The highest BCUT2D eigenvalue weighted by Crippen LogP contribution is 2.08. The molecule has 0 aromatic carbocycles. The van der Waals surface area contributed by atoms with Crippen molar-refractivity contribution in [1.82, 2.24) is 5.32 Å². The lowest BCUT2D eigenvalue weighted by Crippen LogP contribution is -2.42. The highest BCUT2D eigenvalue weighted by atomic mass is 16.5. The van der Waals surface area contributed by atoms with Crippen molar-refractivity contribution < 1.29 is 9.47 Å². The molecule has 3 heteroatoms. The van der Waals surface area contributed by atoms with E-state index in [1.165, 1.54) is 0 Å². The largest absolute Gasteiger partial charge is 0.379 e. The van der Waals surface area contributed by atoms with Crippen LogP contribution in [0.15, 0.2) is 0 Å². The Kier molecular flexibility index (Phi) is 8.83. The monoisotopic (exact) mass is 245 g/mol. The average molecular weight is 245 g/mol. The highest BCUT2D eigenvalue weighted by molar-refractivity contribution is 4.74. The molecular weight excluding hydrogens is 214 g/mol. The van der Waals surface area contributed by atoms with Crippen molar-refractivity contribution in [3.8, 4) is 0 Å². The molecule has 0 rings (SSSR count). The zero-order chi connectivity index (χ0) is 13.3. The van der Waals surface area contributed by atoms with Gasteiger partial charge in [-0.1, -0.05) is 13.3 Å². The van der Waals surface area contributed by atoms with E-state index >= 15 is 0 Å². The molecule has 0 aromatic heterocycles. The smallest absolute Gasteiger partial charge is 0.0784 e. The Morgan fingerprint density at radius 3 is 2.29 bits per heavy atom. The van der Waals surface area contributed by atoms with Gasteiger partial charge < -0.3 is 14.8 Å². The minimum absolute atomic E-state index is 0.151. The lowest BCUT2D eigenvalue weighted by molar-refractivity contribution is -0.0498. The highest BCUT2D eigenvalue weighted by Gasteiger charge is 2.16. The van der Waals surface area contributed by atoms with Crippen LogP contribution in [0.4, 0.5) is 0 Å². The van der Waals surface area contributed by atoms with Crippen LogP contribution < -0.4 is 5.32 Å². The van der Waals surface area contributed by atoms with Crippen molar-refractivity contribution in [2.24, 2.45) is 0 Å². The first-order valence-electron chi connectivity index (χ1n) is 6.87.